The van der Waals surface area contributed by atoms with Crippen LogP contribution in [-0.2, 0) is 19.1 Å². The molecule has 0 aromatic heterocycles. The minimum atomic E-state index is -0.218. The maximum atomic E-state index is 10.5. The van der Waals surface area contributed by atoms with Crippen molar-refractivity contribution in [2.75, 3.05) is 24.7 Å². The zero-order chi connectivity index (χ0) is 24.0. The zero-order valence-electron chi connectivity index (χ0n) is 20.8. The number of thiol groups is 2. The third-order valence-electron chi connectivity index (χ3n) is 4.19. The number of carbonyl (C=O) groups is 2. The number of unbranched alkanes of at least 4 members (excludes halogenated alkanes) is 8. The SMILES string of the molecule is CCCCCCOC(=O)CS.CCCCCCOC(=O)CS.CCC[CH2][Sn][CH2]CCC. The van der Waals surface area contributed by atoms with Gasteiger partial charge in [0.1, 0.15) is 0 Å². The molecule has 0 saturated heterocycles. The minimum absolute atomic E-state index is 0.149. The Morgan fingerprint density at radius 3 is 1.23 bits per heavy atom. The van der Waals surface area contributed by atoms with E-state index in [4.69, 9.17) is 9.47 Å². The number of ether oxygens (including phenoxy) is 2. The Morgan fingerprint density at radius 2 is 0.935 bits per heavy atom. The molecule has 0 heterocycles. The fraction of sp³-hybridized carbons (Fsp3) is 0.917. The van der Waals surface area contributed by atoms with Gasteiger partial charge in [0.05, 0.1) is 24.7 Å². The van der Waals surface area contributed by atoms with Crippen molar-refractivity contribution in [3.8, 4) is 0 Å². The van der Waals surface area contributed by atoms with Gasteiger partial charge in [-0.15, -0.1) is 0 Å². The average molecular weight is 586 g/mol. The molecule has 0 aliphatic carbocycles. The van der Waals surface area contributed by atoms with Gasteiger partial charge in [0.2, 0.25) is 0 Å². The van der Waals surface area contributed by atoms with Gasteiger partial charge in [-0.3, -0.25) is 9.59 Å². The summed E-state index contributed by atoms with van der Waals surface area (Å²) in [7, 11) is 0. The monoisotopic (exact) mass is 586 g/mol. The van der Waals surface area contributed by atoms with Crippen molar-refractivity contribution in [1.82, 2.24) is 0 Å². The molecule has 0 fully saturated rings. The van der Waals surface area contributed by atoms with Crippen LogP contribution in [-0.4, -0.2) is 57.8 Å². The zero-order valence-corrected chi connectivity index (χ0v) is 25.4. The van der Waals surface area contributed by atoms with Crippen LogP contribution in [0.2, 0.25) is 8.87 Å². The van der Waals surface area contributed by atoms with E-state index in [1.54, 1.807) is 8.87 Å². The van der Waals surface area contributed by atoms with Crippen LogP contribution in [0.25, 0.3) is 0 Å². The van der Waals surface area contributed by atoms with E-state index in [9.17, 15) is 9.59 Å². The van der Waals surface area contributed by atoms with Gasteiger partial charge >= 0.3 is 81.5 Å². The second-order valence-electron chi connectivity index (χ2n) is 7.34. The summed E-state index contributed by atoms with van der Waals surface area (Å²) in [4.78, 5) is 21.1. The number of hydrogen-bond donors (Lipinski definition) is 2. The van der Waals surface area contributed by atoms with Crippen LogP contribution in [0, 0.1) is 0 Å². The van der Waals surface area contributed by atoms with E-state index in [-0.39, 0.29) is 44.6 Å². The third-order valence-corrected chi connectivity index (χ3v) is 8.75. The van der Waals surface area contributed by atoms with Gasteiger partial charge in [0.15, 0.2) is 0 Å². The first-order valence-corrected chi connectivity index (χ1v) is 17.6. The number of esters is 2. The number of rotatable bonds is 18. The van der Waals surface area contributed by atoms with E-state index < -0.39 is 0 Å². The molecule has 0 spiro atoms. The predicted octanol–water partition coefficient (Wildman–Crippen LogP) is 7.21. The second kappa shape index (κ2) is 35.0. The summed E-state index contributed by atoms with van der Waals surface area (Å²) in [5, 5.41) is 0. The molecule has 0 aliphatic heterocycles. The normalized spacial score (nSPS) is 9.74. The molecule has 7 heteroatoms. The molecule has 0 saturated carbocycles. The Bertz CT molecular complexity index is 326. The van der Waals surface area contributed by atoms with Gasteiger partial charge in [0, 0.05) is 0 Å². The van der Waals surface area contributed by atoms with Gasteiger partial charge in [-0.25, -0.2) is 0 Å². The number of hydrogen-bond acceptors (Lipinski definition) is 6. The van der Waals surface area contributed by atoms with E-state index in [1.807, 2.05) is 0 Å². The van der Waals surface area contributed by atoms with Crippen molar-refractivity contribution in [2.24, 2.45) is 0 Å². The molecule has 0 bridgehead atoms. The van der Waals surface area contributed by atoms with Crippen molar-refractivity contribution >= 4 is 58.3 Å². The molecule has 2 radical (unpaired) electrons. The average Bonchev–Trinajstić information content (AvgIpc) is 2.79. The molecule has 4 nitrogen and oxygen atoms in total. The van der Waals surface area contributed by atoms with Crippen molar-refractivity contribution in [2.45, 2.75) is 114 Å². The fourth-order valence-electron chi connectivity index (χ4n) is 2.25. The Labute approximate surface area is 214 Å². The van der Waals surface area contributed by atoms with Crippen molar-refractivity contribution in [3.05, 3.63) is 0 Å². The predicted molar refractivity (Wildman–Crippen MR) is 143 cm³/mol. The van der Waals surface area contributed by atoms with E-state index in [0.717, 1.165) is 25.7 Å². The van der Waals surface area contributed by atoms with Crippen LogP contribution in [0.4, 0.5) is 0 Å². The van der Waals surface area contributed by atoms with E-state index in [0.29, 0.717) is 13.2 Å². The summed E-state index contributed by atoms with van der Waals surface area (Å²) >= 11 is 7.72. The van der Waals surface area contributed by atoms with Crippen LogP contribution in [0.3, 0.4) is 0 Å². The van der Waals surface area contributed by atoms with Gasteiger partial charge < -0.3 is 9.47 Å². The van der Waals surface area contributed by atoms with Gasteiger partial charge in [-0.2, -0.15) is 25.3 Å². The molecule has 0 amide bonds. The van der Waals surface area contributed by atoms with Crippen LogP contribution in [0.15, 0.2) is 0 Å². The van der Waals surface area contributed by atoms with Crippen LogP contribution in [0.1, 0.15) is 105 Å². The van der Waals surface area contributed by atoms with E-state index in [2.05, 4.69) is 53.0 Å². The summed E-state index contributed by atoms with van der Waals surface area (Å²) in [6.45, 7) is 10.00. The molecular formula is C24H50O4S2Sn. The first kappa shape index (κ1) is 36.0. The Balaban J connectivity index is -0.000000382. The first-order valence-electron chi connectivity index (χ1n) is 12.3. The van der Waals surface area contributed by atoms with Crippen LogP contribution >= 0.6 is 25.3 Å². The third kappa shape index (κ3) is 41.2. The molecule has 0 N–H and O–H groups in total. The van der Waals surface area contributed by atoms with Crippen LogP contribution < -0.4 is 0 Å². The molecular weight excluding hydrogens is 535 g/mol. The molecule has 0 atom stereocenters. The summed E-state index contributed by atoms with van der Waals surface area (Å²) < 4.78 is 12.9. The molecule has 0 unspecified atom stereocenters. The maximum absolute atomic E-state index is 10.5. The van der Waals surface area contributed by atoms with Crippen LogP contribution in [0.5, 0.6) is 0 Å². The standard InChI is InChI=1S/2C8H16O2S.2C4H9.Sn/c2*1-2-3-4-5-6-10-8(9)7-11;2*1-3-4-2;/h2*11H,2-7H2,1H3;2*1,3-4H2,2H3;. The summed E-state index contributed by atoms with van der Waals surface area (Å²) in [6.07, 6.45) is 15.0. The van der Waals surface area contributed by atoms with Gasteiger partial charge in [-0.05, 0) is 12.8 Å². The van der Waals surface area contributed by atoms with Gasteiger partial charge in [-0.1, -0.05) is 52.4 Å². The topological polar surface area (TPSA) is 52.6 Å². The summed E-state index contributed by atoms with van der Waals surface area (Å²) in [5.74, 6) is -0.0590. The van der Waals surface area contributed by atoms with Crippen molar-refractivity contribution < 1.29 is 19.1 Å². The molecule has 0 rings (SSSR count). The summed E-state index contributed by atoms with van der Waals surface area (Å²) in [6, 6.07) is 0. The number of carbonyl (C=O) groups excluding carboxylic acids is 2. The van der Waals surface area contributed by atoms with Crippen molar-refractivity contribution in [1.29, 1.82) is 0 Å². The van der Waals surface area contributed by atoms with E-state index >= 15 is 0 Å². The van der Waals surface area contributed by atoms with E-state index in [1.165, 1.54) is 51.4 Å². The molecule has 0 aliphatic rings. The quantitative estimate of drug-likeness (QED) is 0.0773. The second-order valence-corrected chi connectivity index (χ2v) is 12.2. The summed E-state index contributed by atoms with van der Waals surface area (Å²) in [5.41, 5.74) is 0. The Hall–Kier alpha value is 0.439. The first-order chi connectivity index (χ1) is 15.0. The molecule has 0 aromatic carbocycles. The fourth-order valence-corrected chi connectivity index (χ4v) is 6.59. The molecule has 0 aromatic rings. The van der Waals surface area contributed by atoms with Crippen molar-refractivity contribution in [3.63, 3.8) is 0 Å². The Kier molecular flexibility index (Phi) is 40.7. The molecule has 186 valence electrons. The Morgan fingerprint density at radius 1 is 0.581 bits per heavy atom. The molecule has 31 heavy (non-hydrogen) atoms. The van der Waals surface area contributed by atoms with Gasteiger partial charge in [0.25, 0.3) is 0 Å².